The molecule has 2 aromatic rings. The summed E-state index contributed by atoms with van der Waals surface area (Å²) in [5.41, 5.74) is 2.89. The summed E-state index contributed by atoms with van der Waals surface area (Å²) in [5, 5.41) is 2.78. The maximum Gasteiger partial charge on any atom is 0.251 e. The molecule has 0 radical (unpaired) electrons. The molecular formula is C17H15NO. The van der Waals surface area contributed by atoms with Crippen LogP contribution in [0.1, 0.15) is 16.8 Å². The minimum atomic E-state index is -0.0881. The Bertz CT molecular complexity index is 579. The van der Waals surface area contributed by atoms with Crippen LogP contribution in [0.5, 0.6) is 0 Å². The van der Waals surface area contributed by atoms with E-state index in [-0.39, 0.29) is 5.91 Å². The van der Waals surface area contributed by atoms with Crippen molar-refractivity contribution in [2.75, 3.05) is 6.54 Å². The zero-order valence-corrected chi connectivity index (χ0v) is 10.6. The molecule has 0 spiro atoms. The quantitative estimate of drug-likeness (QED) is 0.654. The Kier molecular flexibility index (Phi) is 4.36. The van der Waals surface area contributed by atoms with Crippen LogP contribution in [0.4, 0.5) is 0 Å². The van der Waals surface area contributed by atoms with E-state index in [9.17, 15) is 4.79 Å². The fourth-order valence-corrected chi connectivity index (χ4v) is 1.79. The molecule has 0 atom stereocenters. The first-order chi connectivity index (χ1) is 9.31. The number of benzene rings is 2. The Morgan fingerprint density at radius 2 is 1.63 bits per heavy atom. The molecule has 0 saturated heterocycles. The number of carbonyl (C=O) groups excluding carboxylic acids is 1. The van der Waals surface area contributed by atoms with E-state index >= 15 is 0 Å². The van der Waals surface area contributed by atoms with E-state index in [4.69, 9.17) is 6.42 Å². The van der Waals surface area contributed by atoms with Gasteiger partial charge in [-0.1, -0.05) is 42.5 Å². The van der Waals surface area contributed by atoms with Gasteiger partial charge in [-0.05, 0) is 23.3 Å². The van der Waals surface area contributed by atoms with E-state index in [0.29, 0.717) is 18.5 Å². The number of rotatable bonds is 4. The number of hydrogen-bond acceptors (Lipinski definition) is 1. The third-order valence-corrected chi connectivity index (χ3v) is 2.81. The number of hydrogen-bond donors (Lipinski definition) is 1. The van der Waals surface area contributed by atoms with Crippen LogP contribution in [0.3, 0.4) is 0 Å². The lowest BCUT2D eigenvalue weighted by Crippen LogP contribution is -2.24. The minimum Gasteiger partial charge on any atom is -0.351 e. The lowest BCUT2D eigenvalue weighted by atomic mass is 10.0. The molecule has 0 aliphatic carbocycles. The summed E-state index contributed by atoms with van der Waals surface area (Å²) in [7, 11) is 0. The summed E-state index contributed by atoms with van der Waals surface area (Å²) in [5.74, 6) is 2.40. The molecule has 0 aromatic heterocycles. The van der Waals surface area contributed by atoms with Crippen molar-refractivity contribution in [3.05, 3.63) is 60.2 Å². The van der Waals surface area contributed by atoms with Crippen LogP contribution in [0.15, 0.2) is 54.6 Å². The molecule has 94 valence electrons. The summed E-state index contributed by atoms with van der Waals surface area (Å²) in [6, 6.07) is 17.6. The SMILES string of the molecule is C#CCCNC(=O)c1ccc(-c2ccccc2)cc1. The van der Waals surface area contributed by atoms with Gasteiger partial charge >= 0.3 is 0 Å². The van der Waals surface area contributed by atoms with Crippen LogP contribution < -0.4 is 5.32 Å². The van der Waals surface area contributed by atoms with E-state index in [1.165, 1.54) is 0 Å². The molecule has 0 aliphatic heterocycles. The predicted octanol–water partition coefficient (Wildman–Crippen LogP) is 3.11. The first-order valence-corrected chi connectivity index (χ1v) is 6.18. The van der Waals surface area contributed by atoms with Gasteiger partial charge in [0.15, 0.2) is 0 Å². The van der Waals surface area contributed by atoms with Crippen molar-refractivity contribution < 1.29 is 4.79 Å². The van der Waals surface area contributed by atoms with Crippen LogP contribution in [0, 0.1) is 12.3 Å². The van der Waals surface area contributed by atoms with Crippen molar-refractivity contribution in [3.63, 3.8) is 0 Å². The molecule has 0 unspecified atom stereocenters. The van der Waals surface area contributed by atoms with Gasteiger partial charge < -0.3 is 5.32 Å². The fraction of sp³-hybridized carbons (Fsp3) is 0.118. The van der Waals surface area contributed by atoms with Gasteiger partial charge in [0.25, 0.3) is 5.91 Å². The molecule has 1 amide bonds. The highest BCUT2D eigenvalue weighted by Crippen LogP contribution is 2.19. The molecule has 1 N–H and O–H groups in total. The average molecular weight is 249 g/mol. The van der Waals surface area contributed by atoms with Crippen LogP contribution in [0.25, 0.3) is 11.1 Å². The zero-order valence-electron chi connectivity index (χ0n) is 10.6. The molecule has 2 aromatic carbocycles. The molecule has 0 heterocycles. The molecule has 2 rings (SSSR count). The van der Waals surface area contributed by atoms with E-state index in [1.54, 1.807) is 0 Å². The molecule has 0 fully saturated rings. The zero-order chi connectivity index (χ0) is 13.5. The van der Waals surface area contributed by atoms with E-state index in [1.807, 2.05) is 54.6 Å². The fourth-order valence-electron chi connectivity index (χ4n) is 1.79. The molecular weight excluding hydrogens is 234 g/mol. The lowest BCUT2D eigenvalue weighted by Gasteiger charge is -2.05. The highest BCUT2D eigenvalue weighted by Gasteiger charge is 2.04. The predicted molar refractivity (Wildman–Crippen MR) is 77.7 cm³/mol. The van der Waals surface area contributed by atoms with Gasteiger partial charge in [-0.3, -0.25) is 4.79 Å². The standard InChI is InChI=1S/C17H15NO/c1-2-3-13-18-17(19)16-11-9-15(10-12-16)14-7-5-4-6-8-14/h1,4-12H,3,13H2,(H,18,19). The van der Waals surface area contributed by atoms with Gasteiger partial charge in [-0.2, -0.15) is 0 Å². The van der Waals surface area contributed by atoms with Crippen molar-refractivity contribution in [2.24, 2.45) is 0 Å². The second-order valence-electron chi connectivity index (χ2n) is 4.15. The second kappa shape index (κ2) is 6.42. The Labute approximate surface area is 113 Å². The van der Waals surface area contributed by atoms with Crippen molar-refractivity contribution in [2.45, 2.75) is 6.42 Å². The molecule has 2 heteroatoms. The summed E-state index contributed by atoms with van der Waals surface area (Å²) < 4.78 is 0. The number of amides is 1. The number of terminal acetylenes is 1. The van der Waals surface area contributed by atoms with Crippen LogP contribution >= 0.6 is 0 Å². The monoisotopic (exact) mass is 249 g/mol. The third kappa shape index (κ3) is 3.46. The van der Waals surface area contributed by atoms with Crippen LogP contribution in [-0.4, -0.2) is 12.5 Å². The first-order valence-electron chi connectivity index (χ1n) is 6.18. The van der Waals surface area contributed by atoms with Crippen LogP contribution in [0.2, 0.25) is 0 Å². The van der Waals surface area contributed by atoms with E-state index in [0.717, 1.165) is 11.1 Å². The minimum absolute atomic E-state index is 0.0881. The van der Waals surface area contributed by atoms with Crippen molar-refractivity contribution >= 4 is 5.91 Å². The topological polar surface area (TPSA) is 29.1 Å². The average Bonchev–Trinajstić information content (AvgIpc) is 2.48. The highest BCUT2D eigenvalue weighted by atomic mass is 16.1. The van der Waals surface area contributed by atoms with Crippen molar-refractivity contribution in [1.29, 1.82) is 0 Å². The highest BCUT2D eigenvalue weighted by molar-refractivity contribution is 5.94. The van der Waals surface area contributed by atoms with Gasteiger partial charge in [0.1, 0.15) is 0 Å². The largest absolute Gasteiger partial charge is 0.351 e. The first kappa shape index (κ1) is 12.9. The molecule has 0 saturated carbocycles. The van der Waals surface area contributed by atoms with Crippen molar-refractivity contribution in [3.8, 4) is 23.5 Å². The van der Waals surface area contributed by atoms with E-state index in [2.05, 4.69) is 11.2 Å². The summed E-state index contributed by atoms with van der Waals surface area (Å²) in [4.78, 5) is 11.8. The smallest absolute Gasteiger partial charge is 0.251 e. The molecule has 0 aliphatic rings. The Balaban J connectivity index is 2.07. The Morgan fingerprint density at radius 3 is 2.26 bits per heavy atom. The number of nitrogens with one attached hydrogen (secondary N) is 1. The maximum absolute atomic E-state index is 11.8. The van der Waals surface area contributed by atoms with Crippen LogP contribution in [-0.2, 0) is 0 Å². The normalized spacial score (nSPS) is 9.63. The molecule has 2 nitrogen and oxygen atoms in total. The molecule has 19 heavy (non-hydrogen) atoms. The van der Waals surface area contributed by atoms with Gasteiger partial charge in [0.05, 0.1) is 0 Å². The van der Waals surface area contributed by atoms with Crippen molar-refractivity contribution in [1.82, 2.24) is 5.32 Å². The second-order valence-corrected chi connectivity index (χ2v) is 4.15. The maximum atomic E-state index is 11.8. The Hall–Kier alpha value is -2.53. The summed E-state index contributed by atoms with van der Waals surface area (Å²) in [6.45, 7) is 0.510. The van der Waals surface area contributed by atoms with E-state index < -0.39 is 0 Å². The Morgan fingerprint density at radius 1 is 1.00 bits per heavy atom. The van der Waals surface area contributed by atoms with Gasteiger partial charge in [0.2, 0.25) is 0 Å². The number of carbonyl (C=O) groups is 1. The summed E-state index contributed by atoms with van der Waals surface area (Å²) >= 11 is 0. The van der Waals surface area contributed by atoms with Gasteiger partial charge in [0, 0.05) is 18.5 Å². The van der Waals surface area contributed by atoms with Gasteiger partial charge in [-0.25, -0.2) is 0 Å². The lowest BCUT2D eigenvalue weighted by molar-refractivity contribution is 0.0954. The summed E-state index contributed by atoms with van der Waals surface area (Å²) in [6.07, 6.45) is 5.69. The third-order valence-electron chi connectivity index (χ3n) is 2.81. The van der Waals surface area contributed by atoms with Gasteiger partial charge in [-0.15, -0.1) is 12.3 Å². The molecule has 0 bridgehead atoms.